The van der Waals surface area contributed by atoms with Crippen molar-refractivity contribution < 1.29 is 0 Å². The molecule has 0 aromatic heterocycles. The molecule has 0 saturated heterocycles. The van der Waals surface area contributed by atoms with Crippen molar-refractivity contribution in [2.45, 2.75) is 38.5 Å². The molecule has 2 aliphatic carbocycles. The van der Waals surface area contributed by atoms with Gasteiger partial charge in [0.1, 0.15) is 0 Å². The van der Waals surface area contributed by atoms with Crippen LogP contribution in [0.5, 0.6) is 0 Å². The highest BCUT2D eigenvalue weighted by molar-refractivity contribution is 7.22. The summed E-state index contributed by atoms with van der Waals surface area (Å²) >= 11 is 0. The van der Waals surface area contributed by atoms with Gasteiger partial charge in [0.05, 0.1) is 0 Å². The van der Waals surface area contributed by atoms with Gasteiger partial charge in [-0.2, -0.15) is 0 Å². The van der Waals surface area contributed by atoms with Gasteiger partial charge in [0, 0.05) is 10.8 Å². The molecule has 0 bridgehead atoms. The van der Waals surface area contributed by atoms with E-state index in [4.69, 9.17) is 0 Å². The van der Waals surface area contributed by atoms with Gasteiger partial charge in [-0.25, -0.2) is 0 Å². The van der Waals surface area contributed by atoms with Crippen molar-refractivity contribution in [1.82, 2.24) is 0 Å². The van der Waals surface area contributed by atoms with E-state index in [0.29, 0.717) is 0 Å². The summed E-state index contributed by atoms with van der Waals surface area (Å²) in [6.07, 6.45) is 4.89. The second-order valence-electron chi connectivity index (χ2n) is 14.5. The van der Waals surface area contributed by atoms with Crippen LogP contribution in [0.4, 0.5) is 0 Å². The lowest BCUT2D eigenvalue weighted by molar-refractivity contribution is 0.660. The summed E-state index contributed by atoms with van der Waals surface area (Å²) in [6, 6.07) is 47.2. The maximum Gasteiger partial charge on any atom is 0.182 e. The minimum Gasteiger partial charge on any atom is -0.0623 e. The zero-order chi connectivity index (χ0) is 30.3. The average molecular weight is 591 g/mol. The first-order valence-electron chi connectivity index (χ1n) is 16.3. The molecule has 6 aromatic rings. The molecule has 0 saturated carbocycles. The van der Waals surface area contributed by atoms with Crippen LogP contribution in [0.1, 0.15) is 61.1 Å². The van der Waals surface area contributed by atoms with Crippen LogP contribution in [0.2, 0.25) is 0 Å². The second-order valence-corrected chi connectivity index (χ2v) is 18.1. The molecule has 0 nitrogen and oxygen atoms in total. The van der Waals surface area contributed by atoms with Crippen molar-refractivity contribution >= 4 is 41.0 Å². The largest absolute Gasteiger partial charge is 0.182 e. The van der Waals surface area contributed by atoms with Crippen LogP contribution in [-0.2, 0) is 10.8 Å². The summed E-state index contributed by atoms with van der Waals surface area (Å²) in [5.41, 5.74) is 16.8. The van der Waals surface area contributed by atoms with E-state index in [1.54, 1.807) is 0 Å². The van der Waals surface area contributed by atoms with E-state index in [0.717, 1.165) is 0 Å². The van der Waals surface area contributed by atoms with E-state index in [1.807, 2.05) is 0 Å². The average Bonchev–Trinajstić information content (AvgIpc) is 3.53. The Morgan fingerprint density at radius 3 is 1.18 bits per heavy atom. The molecule has 0 radical (unpaired) electrons. The Kier molecular flexibility index (Phi) is 4.72. The quantitative estimate of drug-likeness (QED) is 0.156. The van der Waals surface area contributed by atoms with Crippen molar-refractivity contribution in [3.63, 3.8) is 0 Å². The fourth-order valence-corrected chi connectivity index (χ4v) is 15.2. The van der Waals surface area contributed by atoms with Gasteiger partial charge in [-0.3, -0.25) is 0 Å². The van der Waals surface area contributed by atoms with E-state index < -0.39 is 8.07 Å². The third kappa shape index (κ3) is 2.94. The smallest absolute Gasteiger partial charge is 0.0623 e. The van der Waals surface area contributed by atoms with Crippen LogP contribution in [0, 0.1) is 0 Å². The maximum absolute atomic E-state index is 2.74. The molecule has 2 heterocycles. The normalized spacial score (nSPS) is 17.3. The highest BCUT2D eigenvalue weighted by Crippen LogP contribution is 2.51. The molecule has 0 unspecified atom stereocenters. The molecular formula is C44H34Si. The van der Waals surface area contributed by atoms with Crippen molar-refractivity contribution in [2.75, 3.05) is 0 Å². The molecule has 4 aliphatic rings. The SMILES string of the molecule is CC1(C)c2ccccc2-c2cc3c(cc21)C=Cc1cc2c(cc1[Si]31c3ccccc3-c3ccccc31)-c1ccccc1C2(C)C. The first-order chi connectivity index (χ1) is 21.8. The third-order valence-corrected chi connectivity index (χ3v) is 16.7. The predicted molar refractivity (Wildman–Crippen MR) is 193 cm³/mol. The summed E-state index contributed by atoms with van der Waals surface area (Å²) in [5.74, 6) is 0. The minimum atomic E-state index is -2.74. The topological polar surface area (TPSA) is 0 Å². The lowest BCUT2D eigenvalue weighted by Crippen LogP contribution is -2.73. The van der Waals surface area contributed by atoms with Gasteiger partial charge in [0.25, 0.3) is 0 Å². The molecule has 10 rings (SSSR count). The van der Waals surface area contributed by atoms with Crippen LogP contribution < -0.4 is 20.7 Å². The summed E-state index contributed by atoms with van der Waals surface area (Å²) < 4.78 is 0. The first kappa shape index (κ1) is 25.6. The number of hydrogen-bond donors (Lipinski definition) is 0. The molecule has 45 heavy (non-hydrogen) atoms. The number of hydrogen-bond acceptors (Lipinski definition) is 0. The van der Waals surface area contributed by atoms with Gasteiger partial charge >= 0.3 is 0 Å². The van der Waals surface area contributed by atoms with Crippen LogP contribution in [0.25, 0.3) is 45.5 Å². The second kappa shape index (κ2) is 8.30. The zero-order valence-electron chi connectivity index (χ0n) is 26.2. The molecular weight excluding hydrogens is 557 g/mol. The molecule has 0 fully saturated rings. The minimum absolute atomic E-state index is 0.0386. The Morgan fingerprint density at radius 1 is 0.356 bits per heavy atom. The molecule has 214 valence electrons. The molecule has 0 N–H and O–H groups in total. The molecule has 0 atom stereocenters. The summed E-state index contributed by atoms with van der Waals surface area (Å²) in [7, 11) is -2.74. The Balaban J connectivity index is 1.39. The third-order valence-electron chi connectivity index (χ3n) is 11.7. The van der Waals surface area contributed by atoms with Gasteiger partial charge in [-0.05, 0) is 87.5 Å². The summed E-state index contributed by atoms with van der Waals surface area (Å²) in [4.78, 5) is 0. The van der Waals surface area contributed by atoms with Crippen LogP contribution in [0.3, 0.4) is 0 Å². The predicted octanol–water partition coefficient (Wildman–Crippen LogP) is 8.14. The summed E-state index contributed by atoms with van der Waals surface area (Å²) in [5, 5.41) is 6.08. The van der Waals surface area contributed by atoms with Crippen molar-refractivity contribution in [3.05, 3.63) is 155 Å². The van der Waals surface area contributed by atoms with Gasteiger partial charge in [-0.1, -0.05) is 161 Å². The lowest BCUT2D eigenvalue weighted by Gasteiger charge is -2.34. The zero-order valence-corrected chi connectivity index (χ0v) is 27.2. The lowest BCUT2D eigenvalue weighted by atomic mass is 9.81. The monoisotopic (exact) mass is 590 g/mol. The molecule has 1 heteroatoms. The van der Waals surface area contributed by atoms with Crippen LogP contribution >= 0.6 is 0 Å². The maximum atomic E-state index is 2.63. The highest BCUT2D eigenvalue weighted by Gasteiger charge is 2.52. The Morgan fingerprint density at radius 2 is 0.733 bits per heavy atom. The van der Waals surface area contributed by atoms with Gasteiger partial charge < -0.3 is 0 Å². The van der Waals surface area contributed by atoms with Crippen molar-refractivity contribution in [2.24, 2.45) is 0 Å². The van der Waals surface area contributed by atoms with E-state index in [9.17, 15) is 0 Å². The molecule has 0 amide bonds. The van der Waals surface area contributed by atoms with Gasteiger partial charge in [0.2, 0.25) is 0 Å². The standard InChI is InChI=1S/C44H34Si/c1-43(2)35-17-9-5-13-29(35)33-25-41-27(23-37(33)43)21-22-28-24-38-34(30-14-6-10-18-36(30)44(38,3)4)26-42(28)45(41)39-19-11-7-15-31(39)32-16-8-12-20-40(32)45/h5-26H,1-4H3. The Bertz CT molecular complexity index is 2160. The van der Waals surface area contributed by atoms with Crippen LogP contribution in [-0.4, -0.2) is 8.07 Å². The molecule has 2 aliphatic heterocycles. The van der Waals surface area contributed by atoms with Crippen molar-refractivity contribution in [3.8, 4) is 33.4 Å². The Hall–Kier alpha value is -4.72. The molecule has 1 spiro atoms. The Labute approximate surface area is 266 Å². The van der Waals surface area contributed by atoms with E-state index in [2.05, 4.69) is 161 Å². The molecule has 6 aromatic carbocycles. The van der Waals surface area contributed by atoms with E-state index in [-0.39, 0.29) is 10.8 Å². The van der Waals surface area contributed by atoms with E-state index >= 15 is 0 Å². The fourth-order valence-electron chi connectivity index (χ4n) is 9.59. The van der Waals surface area contributed by atoms with Gasteiger partial charge in [0.15, 0.2) is 8.07 Å². The van der Waals surface area contributed by atoms with Crippen molar-refractivity contribution in [1.29, 1.82) is 0 Å². The number of fused-ring (bicyclic) bond motifs is 15. The fraction of sp³-hybridized carbons (Fsp3) is 0.136. The summed E-state index contributed by atoms with van der Waals surface area (Å²) in [6.45, 7) is 9.60. The first-order valence-corrected chi connectivity index (χ1v) is 18.3. The van der Waals surface area contributed by atoms with Crippen LogP contribution in [0.15, 0.2) is 121 Å². The van der Waals surface area contributed by atoms with Gasteiger partial charge in [-0.15, -0.1) is 0 Å². The van der Waals surface area contributed by atoms with E-state index in [1.165, 1.54) is 87.5 Å². The highest BCUT2D eigenvalue weighted by atomic mass is 28.3. The number of benzene rings is 6. The number of rotatable bonds is 0.